The van der Waals surface area contributed by atoms with Gasteiger partial charge < -0.3 is 10.4 Å². The van der Waals surface area contributed by atoms with Crippen LogP contribution in [0.1, 0.15) is 64.7 Å². The van der Waals surface area contributed by atoms with Crippen LogP contribution >= 0.6 is 11.6 Å². The van der Waals surface area contributed by atoms with E-state index in [9.17, 15) is 9.59 Å². The first-order valence-corrected chi connectivity index (χ1v) is 7.73. The molecule has 5 heteroatoms. The van der Waals surface area contributed by atoms with Crippen molar-refractivity contribution in [2.45, 2.75) is 70.8 Å². The molecule has 0 aromatic rings. The van der Waals surface area contributed by atoms with E-state index in [0.717, 1.165) is 19.3 Å². The average Bonchev–Trinajstić information content (AvgIpc) is 2.39. The summed E-state index contributed by atoms with van der Waals surface area (Å²) in [4.78, 5) is 22.0. The van der Waals surface area contributed by atoms with Crippen molar-refractivity contribution in [3.05, 3.63) is 0 Å². The molecule has 19 heavy (non-hydrogen) atoms. The van der Waals surface area contributed by atoms with Crippen molar-refractivity contribution in [1.82, 2.24) is 5.32 Å². The van der Waals surface area contributed by atoms with E-state index in [1.165, 1.54) is 32.1 Å². The molecule has 0 saturated carbocycles. The largest absolute Gasteiger partial charge is 0.480 e. The van der Waals surface area contributed by atoms with E-state index in [4.69, 9.17) is 16.7 Å². The van der Waals surface area contributed by atoms with Gasteiger partial charge in [-0.2, -0.15) is 0 Å². The Bertz CT molecular complexity index is 259. The van der Waals surface area contributed by atoms with Crippen LogP contribution in [0.4, 0.5) is 0 Å². The second-order valence-corrected chi connectivity index (χ2v) is 5.12. The highest BCUT2D eigenvalue weighted by Crippen LogP contribution is 2.10. The van der Waals surface area contributed by atoms with Crippen molar-refractivity contribution >= 4 is 23.5 Å². The Labute approximate surface area is 120 Å². The Kier molecular flexibility index (Phi) is 11.8. The standard InChI is InChI=1S/C14H26ClNO3/c1-2-3-4-5-6-7-8-9-10-12(14(18)19)16-13(17)11-15/h12H,2-11H2,1H3,(H,16,17)(H,18,19)/t12-/m1/s1. The van der Waals surface area contributed by atoms with Crippen LogP contribution in [0.15, 0.2) is 0 Å². The maximum atomic E-state index is 11.1. The van der Waals surface area contributed by atoms with Crippen molar-refractivity contribution in [1.29, 1.82) is 0 Å². The number of aliphatic carboxylic acids is 1. The van der Waals surface area contributed by atoms with E-state index in [1.54, 1.807) is 0 Å². The van der Waals surface area contributed by atoms with Crippen molar-refractivity contribution in [2.24, 2.45) is 0 Å². The van der Waals surface area contributed by atoms with Gasteiger partial charge >= 0.3 is 5.97 Å². The van der Waals surface area contributed by atoms with E-state index < -0.39 is 17.9 Å². The second-order valence-electron chi connectivity index (χ2n) is 4.86. The molecule has 0 aliphatic heterocycles. The zero-order chi connectivity index (χ0) is 14.5. The lowest BCUT2D eigenvalue weighted by Gasteiger charge is -2.13. The van der Waals surface area contributed by atoms with Gasteiger partial charge in [0, 0.05) is 0 Å². The van der Waals surface area contributed by atoms with Crippen LogP contribution < -0.4 is 5.32 Å². The van der Waals surface area contributed by atoms with Crippen LogP contribution in [0, 0.1) is 0 Å². The van der Waals surface area contributed by atoms with E-state index in [0.29, 0.717) is 6.42 Å². The summed E-state index contributed by atoms with van der Waals surface area (Å²) in [7, 11) is 0. The third-order valence-electron chi connectivity index (χ3n) is 3.10. The Morgan fingerprint density at radius 2 is 1.58 bits per heavy atom. The molecule has 0 aromatic carbocycles. The molecule has 0 fully saturated rings. The zero-order valence-electron chi connectivity index (χ0n) is 11.8. The van der Waals surface area contributed by atoms with E-state index >= 15 is 0 Å². The third kappa shape index (κ3) is 10.8. The maximum absolute atomic E-state index is 11.1. The molecule has 0 radical (unpaired) electrons. The van der Waals surface area contributed by atoms with E-state index in [2.05, 4.69) is 12.2 Å². The summed E-state index contributed by atoms with van der Waals surface area (Å²) in [5.74, 6) is -1.60. The smallest absolute Gasteiger partial charge is 0.326 e. The summed E-state index contributed by atoms with van der Waals surface area (Å²) in [5.41, 5.74) is 0. The quantitative estimate of drug-likeness (QED) is 0.428. The fourth-order valence-corrected chi connectivity index (χ4v) is 2.05. The van der Waals surface area contributed by atoms with Crippen LogP contribution in [0.5, 0.6) is 0 Å². The Hall–Kier alpha value is -0.770. The highest BCUT2D eigenvalue weighted by molar-refractivity contribution is 6.27. The third-order valence-corrected chi connectivity index (χ3v) is 3.34. The van der Waals surface area contributed by atoms with Gasteiger partial charge in [0.1, 0.15) is 11.9 Å². The van der Waals surface area contributed by atoms with Gasteiger partial charge in [-0.15, -0.1) is 11.6 Å². The molecule has 4 nitrogen and oxygen atoms in total. The number of alkyl halides is 1. The summed E-state index contributed by atoms with van der Waals surface area (Å²) >= 11 is 5.34. The van der Waals surface area contributed by atoms with Gasteiger partial charge in [0.15, 0.2) is 0 Å². The minimum absolute atomic E-state index is 0.193. The lowest BCUT2D eigenvalue weighted by atomic mass is 10.0. The lowest BCUT2D eigenvalue weighted by Crippen LogP contribution is -2.41. The molecule has 2 N–H and O–H groups in total. The van der Waals surface area contributed by atoms with Crippen LogP contribution in [0.25, 0.3) is 0 Å². The molecule has 0 aliphatic carbocycles. The van der Waals surface area contributed by atoms with E-state index in [-0.39, 0.29) is 5.88 Å². The summed E-state index contributed by atoms with van der Waals surface area (Å²) in [6.07, 6.45) is 9.78. The van der Waals surface area contributed by atoms with Crippen molar-refractivity contribution in [2.75, 3.05) is 5.88 Å². The number of unbranched alkanes of at least 4 members (excludes halogenated alkanes) is 7. The molecule has 0 spiro atoms. The van der Waals surface area contributed by atoms with Crippen LogP contribution in [0.2, 0.25) is 0 Å². The SMILES string of the molecule is CCCCCCCCCC[C@@H](NC(=O)CCl)C(=O)O. The molecule has 1 atom stereocenters. The molecule has 1 amide bonds. The van der Waals surface area contributed by atoms with Gasteiger partial charge in [-0.05, 0) is 6.42 Å². The predicted molar refractivity (Wildman–Crippen MR) is 77.5 cm³/mol. The van der Waals surface area contributed by atoms with Crippen LogP contribution in [0.3, 0.4) is 0 Å². The van der Waals surface area contributed by atoms with Crippen molar-refractivity contribution in [3.63, 3.8) is 0 Å². The second kappa shape index (κ2) is 12.3. The highest BCUT2D eigenvalue weighted by Gasteiger charge is 2.18. The Morgan fingerprint density at radius 1 is 1.05 bits per heavy atom. The molecule has 0 saturated heterocycles. The van der Waals surface area contributed by atoms with Gasteiger partial charge in [-0.25, -0.2) is 4.79 Å². The monoisotopic (exact) mass is 291 g/mol. The molecule has 0 bridgehead atoms. The number of carboxylic acid groups (broad SMARTS) is 1. The maximum Gasteiger partial charge on any atom is 0.326 e. The van der Waals surface area contributed by atoms with Crippen LogP contribution in [-0.4, -0.2) is 28.9 Å². The lowest BCUT2D eigenvalue weighted by molar-refractivity contribution is -0.141. The van der Waals surface area contributed by atoms with Crippen LogP contribution in [-0.2, 0) is 9.59 Å². The molecular formula is C14H26ClNO3. The number of carbonyl (C=O) groups excluding carboxylic acids is 1. The summed E-state index contributed by atoms with van der Waals surface area (Å²) in [5, 5.41) is 11.4. The van der Waals surface area contributed by atoms with Crippen molar-refractivity contribution in [3.8, 4) is 0 Å². The molecule has 112 valence electrons. The molecular weight excluding hydrogens is 266 g/mol. The Balaban J connectivity index is 3.59. The van der Waals surface area contributed by atoms with Gasteiger partial charge in [0.2, 0.25) is 5.91 Å². The molecule has 0 unspecified atom stereocenters. The average molecular weight is 292 g/mol. The van der Waals surface area contributed by atoms with Gasteiger partial charge in [0.05, 0.1) is 0 Å². The number of amides is 1. The topological polar surface area (TPSA) is 66.4 Å². The number of hydrogen-bond donors (Lipinski definition) is 2. The predicted octanol–water partition coefficient (Wildman–Crippen LogP) is 3.33. The summed E-state index contributed by atoms with van der Waals surface area (Å²) in [6.45, 7) is 2.20. The van der Waals surface area contributed by atoms with Gasteiger partial charge in [-0.1, -0.05) is 58.3 Å². The number of halogens is 1. The zero-order valence-corrected chi connectivity index (χ0v) is 12.5. The molecule has 0 aromatic heterocycles. The van der Waals surface area contributed by atoms with Gasteiger partial charge in [-0.3, -0.25) is 4.79 Å². The first-order valence-electron chi connectivity index (χ1n) is 7.20. The fraction of sp³-hybridized carbons (Fsp3) is 0.857. The highest BCUT2D eigenvalue weighted by atomic mass is 35.5. The molecule has 0 heterocycles. The first-order chi connectivity index (χ1) is 9.11. The summed E-state index contributed by atoms with van der Waals surface area (Å²) in [6, 6.07) is -0.800. The normalized spacial score (nSPS) is 12.1. The number of nitrogens with one attached hydrogen (secondary N) is 1. The van der Waals surface area contributed by atoms with Gasteiger partial charge in [0.25, 0.3) is 0 Å². The molecule has 0 rings (SSSR count). The number of hydrogen-bond acceptors (Lipinski definition) is 2. The minimum Gasteiger partial charge on any atom is -0.480 e. The number of carboxylic acids is 1. The first kappa shape index (κ1) is 18.2. The number of rotatable bonds is 12. The Morgan fingerprint density at radius 3 is 2.05 bits per heavy atom. The number of carbonyl (C=O) groups is 2. The fourth-order valence-electron chi connectivity index (χ4n) is 1.97. The van der Waals surface area contributed by atoms with E-state index in [1.807, 2.05) is 0 Å². The minimum atomic E-state index is -0.985. The van der Waals surface area contributed by atoms with Crippen molar-refractivity contribution < 1.29 is 14.7 Å². The molecule has 0 aliphatic rings. The summed E-state index contributed by atoms with van der Waals surface area (Å²) < 4.78 is 0.